The molecular formula is C37H49NO3. The van der Waals surface area contributed by atoms with Crippen LogP contribution >= 0.6 is 0 Å². The summed E-state index contributed by atoms with van der Waals surface area (Å²) < 4.78 is 5.68. The van der Waals surface area contributed by atoms with E-state index in [-0.39, 0.29) is 22.6 Å². The Bertz CT molecular complexity index is 1240. The first-order valence-electron chi connectivity index (χ1n) is 15.8. The lowest BCUT2D eigenvalue weighted by atomic mass is 9.49. The van der Waals surface area contributed by atoms with E-state index in [0.29, 0.717) is 36.2 Å². The number of esters is 1. The Labute approximate surface area is 247 Å². The molecule has 0 radical (unpaired) electrons. The summed E-state index contributed by atoms with van der Waals surface area (Å²) in [5.74, 6) is 2.78. The number of rotatable bonds is 9. The molecule has 0 saturated heterocycles. The second-order valence-electron chi connectivity index (χ2n) is 13.9. The minimum Gasteiger partial charge on any atom is -0.466 e. The zero-order valence-electron chi connectivity index (χ0n) is 25.6. The van der Waals surface area contributed by atoms with Crippen LogP contribution in [-0.2, 0) is 16.1 Å². The highest BCUT2D eigenvalue weighted by Crippen LogP contribution is 2.63. The molecule has 0 aliphatic heterocycles. The molecule has 220 valence electrons. The van der Waals surface area contributed by atoms with E-state index in [2.05, 4.69) is 44.8 Å². The van der Waals surface area contributed by atoms with Gasteiger partial charge in [-0.2, -0.15) is 0 Å². The van der Waals surface area contributed by atoms with Crippen LogP contribution in [0.25, 0.3) is 0 Å². The molecule has 7 atom stereocenters. The van der Waals surface area contributed by atoms with E-state index in [1.54, 1.807) is 0 Å². The smallest absolute Gasteiger partial charge is 0.302 e. The van der Waals surface area contributed by atoms with Crippen molar-refractivity contribution in [2.75, 3.05) is 13.2 Å². The van der Waals surface area contributed by atoms with E-state index in [4.69, 9.17) is 4.74 Å². The Hall–Kier alpha value is -2.72. The quantitative estimate of drug-likeness (QED) is 0.193. The third kappa shape index (κ3) is 6.09. The van der Waals surface area contributed by atoms with Gasteiger partial charge in [0.1, 0.15) is 0 Å². The Balaban J connectivity index is 1.31. The molecule has 3 aliphatic rings. The number of hydrogen-bond donors (Lipinski definition) is 1. The zero-order valence-corrected chi connectivity index (χ0v) is 25.6. The van der Waals surface area contributed by atoms with Crippen molar-refractivity contribution in [1.29, 1.82) is 0 Å². The molecule has 0 heterocycles. The van der Waals surface area contributed by atoms with Crippen molar-refractivity contribution in [3.8, 4) is 0 Å². The number of allylic oxidation sites excluding steroid dienone is 1. The van der Waals surface area contributed by atoms with Crippen molar-refractivity contribution in [1.82, 2.24) is 5.32 Å². The predicted molar refractivity (Wildman–Crippen MR) is 165 cm³/mol. The standard InChI is InChI=1S/C37H49NO3/c1-25-17-19-37(5,31(21-25)24-41-27(3)39)34-18-20-36(4)26(2)11-16-33(36)32(34)23-38-22-28-12-14-30(15-13-28)35(40)29-9-7-6-8-10-29/h6-10,12-15,25,31-34,38H,2,11,16-24H2,1,3-5H3/t25-,31+,32-,33-,34-,36+,37-/m0/s1. The highest BCUT2D eigenvalue weighted by molar-refractivity contribution is 6.08. The van der Waals surface area contributed by atoms with E-state index in [1.807, 2.05) is 42.5 Å². The van der Waals surface area contributed by atoms with Crippen LogP contribution in [0.2, 0.25) is 0 Å². The molecule has 2 aromatic carbocycles. The van der Waals surface area contributed by atoms with Crippen LogP contribution in [0.4, 0.5) is 0 Å². The van der Waals surface area contributed by atoms with Crippen molar-refractivity contribution < 1.29 is 14.3 Å². The fourth-order valence-corrected chi connectivity index (χ4v) is 8.81. The summed E-state index contributed by atoms with van der Waals surface area (Å²) >= 11 is 0. The van der Waals surface area contributed by atoms with Crippen LogP contribution in [-0.4, -0.2) is 24.9 Å². The molecule has 0 bridgehead atoms. The molecule has 3 saturated carbocycles. The molecule has 0 spiro atoms. The van der Waals surface area contributed by atoms with Gasteiger partial charge in [0.05, 0.1) is 6.61 Å². The zero-order chi connectivity index (χ0) is 29.2. The number of nitrogens with one attached hydrogen (secondary N) is 1. The maximum atomic E-state index is 12.8. The van der Waals surface area contributed by atoms with Crippen LogP contribution in [0.3, 0.4) is 0 Å². The maximum absolute atomic E-state index is 12.8. The molecule has 0 aromatic heterocycles. The Morgan fingerprint density at radius 1 is 0.951 bits per heavy atom. The van der Waals surface area contributed by atoms with E-state index in [0.717, 1.165) is 37.1 Å². The van der Waals surface area contributed by atoms with Crippen LogP contribution in [0.1, 0.15) is 94.1 Å². The van der Waals surface area contributed by atoms with Gasteiger partial charge in [0.25, 0.3) is 0 Å². The summed E-state index contributed by atoms with van der Waals surface area (Å²) in [5.41, 5.74) is 4.49. The minimum atomic E-state index is -0.163. The monoisotopic (exact) mass is 555 g/mol. The maximum Gasteiger partial charge on any atom is 0.302 e. The summed E-state index contributed by atoms with van der Waals surface area (Å²) in [5, 5.41) is 3.86. The van der Waals surface area contributed by atoms with Crippen molar-refractivity contribution >= 4 is 11.8 Å². The van der Waals surface area contributed by atoms with Gasteiger partial charge >= 0.3 is 5.97 Å². The average Bonchev–Trinajstić information content (AvgIpc) is 3.28. The molecule has 0 unspecified atom stereocenters. The topological polar surface area (TPSA) is 55.4 Å². The highest BCUT2D eigenvalue weighted by Gasteiger charge is 2.56. The normalized spacial score (nSPS) is 33.3. The minimum absolute atomic E-state index is 0.0641. The van der Waals surface area contributed by atoms with Crippen LogP contribution in [0.15, 0.2) is 66.7 Å². The predicted octanol–water partition coefficient (Wildman–Crippen LogP) is 8.01. The molecule has 5 rings (SSSR count). The fraction of sp³-hybridized carbons (Fsp3) is 0.568. The van der Waals surface area contributed by atoms with E-state index in [9.17, 15) is 9.59 Å². The van der Waals surface area contributed by atoms with Gasteiger partial charge in [0, 0.05) is 24.6 Å². The van der Waals surface area contributed by atoms with E-state index >= 15 is 0 Å². The second-order valence-corrected chi connectivity index (χ2v) is 13.9. The van der Waals surface area contributed by atoms with Crippen molar-refractivity contribution in [3.05, 3.63) is 83.4 Å². The van der Waals surface area contributed by atoms with E-state index in [1.165, 1.54) is 50.2 Å². The summed E-state index contributed by atoms with van der Waals surface area (Å²) in [6.45, 7) is 15.7. The molecule has 41 heavy (non-hydrogen) atoms. The lowest BCUT2D eigenvalue weighted by molar-refractivity contribution is -0.148. The van der Waals surface area contributed by atoms with Crippen LogP contribution < -0.4 is 5.32 Å². The van der Waals surface area contributed by atoms with Gasteiger partial charge in [0.15, 0.2) is 5.78 Å². The highest BCUT2D eigenvalue weighted by atomic mass is 16.5. The number of carbonyl (C=O) groups excluding carboxylic acids is 2. The van der Waals surface area contributed by atoms with Gasteiger partial charge in [-0.05, 0) is 91.1 Å². The second kappa shape index (κ2) is 12.3. The Kier molecular flexibility index (Phi) is 8.90. The van der Waals surface area contributed by atoms with Gasteiger partial charge < -0.3 is 10.1 Å². The van der Waals surface area contributed by atoms with Gasteiger partial charge in [-0.15, -0.1) is 0 Å². The van der Waals surface area contributed by atoms with Gasteiger partial charge in [0.2, 0.25) is 0 Å². The first kappa shape index (κ1) is 29.8. The summed E-state index contributed by atoms with van der Waals surface area (Å²) in [4.78, 5) is 24.6. The first-order chi connectivity index (χ1) is 19.6. The number of ketones is 1. The molecule has 4 heteroatoms. The first-order valence-corrected chi connectivity index (χ1v) is 15.8. The number of fused-ring (bicyclic) bond motifs is 1. The SMILES string of the molecule is C=C1CC[C@H]2[C@H](CNCc3ccc(C(=O)c4ccccc4)cc3)[C@@H]([C@@]3(C)CC[C@H](C)C[C@@H]3COC(C)=O)CC[C@]12C. The average molecular weight is 556 g/mol. The number of carbonyl (C=O) groups is 2. The third-order valence-electron chi connectivity index (χ3n) is 11.5. The van der Waals surface area contributed by atoms with Crippen molar-refractivity contribution in [2.24, 2.45) is 40.4 Å². The third-order valence-corrected chi connectivity index (χ3v) is 11.5. The molecule has 0 amide bonds. The molecule has 2 aromatic rings. The Morgan fingerprint density at radius 3 is 2.37 bits per heavy atom. The number of benzene rings is 2. The van der Waals surface area contributed by atoms with Gasteiger partial charge in [-0.3, -0.25) is 9.59 Å². The number of ether oxygens (including phenoxy) is 1. The molecule has 1 N–H and O–H groups in total. The van der Waals surface area contributed by atoms with E-state index < -0.39 is 0 Å². The van der Waals surface area contributed by atoms with Gasteiger partial charge in [-0.1, -0.05) is 93.9 Å². The lowest BCUT2D eigenvalue weighted by Crippen LogP contribution is -2.52. The van der Waals surface area contributed by atoms with Crippen LogP contribution in [0.5, 0.6) is 0 Å². The number of hydrogen-bond acceptors (Lipinski definition) is 4. The van der Waals surface area contributed by atoms with Crippen molar-refractivity contribution in [2.45, 2.75) is 79.2 Å². The molecule has 3 aliphatic carbocycles. The van der Waals surface area contributed by atoms with Gasteiger partial charge in [-0.25, -0.2) is 0 Å². The summed E-state index contributed by atoms with van der Waals surface area (Å²) in [7, 11) is 0. The molecule has 4 nitrogen and oxygen atoms in total. The molecule has 3 fully saturated rings. The molecular weight excluding hydrogens is 506 g/mol. The Morgan fingerprint density at radius 2 is 1.66 bits per heavy atom. The largest absolute Gasteiger partial charge is 0.466 e. The lowest BCUT2D eigenvalue weighted by Gasteiger charge is -2.57. The van der Waals surface area contributed by atoms with Crippen molar-refractivity contribution in [3.63, 3.8) is 0 Å². The fourth-order valence-electron chi connectivity index (χ4n) is 8.81. The summed E-state index contributed by atoms with van der Waals surface area (Å²) in [6, 6.07) is 17.6. The summed E-state index contributed by atoms with van der Waals surface area (Å²) in [6.07, 6.45) is 8.43. The van der Waals surface area contributed by atoms with Crippen LogP contribution in [0, 0.1) is 40.4 Å².